The summed E-state index contributed by atoms with van der Waals surface area (Å²) in [5.41, 5.74) is 5.70. The summed E-state index contributed by atoms with van der Waals surface area (Å²) in [7, 11) is -2.20. The van der Waals surface area contributed by atoms with Crippen LogP contribution in [0.15, 0.2) is 119 Å². The Hall–Kier alpha value is -5.48. The van der Waals surface area contributed by atoms with E-state index in [1.165, 1.54) is 12.1 Å². The minimum atomic E-state index is -3.81. The Labute approximate surface area is 280 Å². The number of hydrogen-bond donors (Lipinski definition) is 2. The van der Waals surface area contributed by atoms with Gasteiger partial charge in [-0.05, 0) is 91.3 Å². The highest BCUT2D eigenvalue weighted by molar-refractivity contribution is 7.91. The number of anilines is 3. The normalized spacial score (nSPS) is 11.8. The van der Waals surface area contributed by atoms with Gasteiger partial charge in [0.05, 0.1) is 34.7 Å². The Kier molecular flexibility index (Phi) is 8.77. The fourth-order valence-corrected chi connectivity index (χ4v) is 6.59. The molecular weight excluding hydrogens is 623 g/mol. The second-order valence-corrected chi connectivity index (χ2v) is 14.6. The lowest BCUT2D eigenvalue weighted by atomic mass is 9.92. The number of nitrogens with zero attached hydrogens (tertiary/aromatic N) is 3. The first kappa shape index (κ1) is 32.5. The third-order valence-electron chi connectivity index (χ3n) is 7.97. The molecule has 0 unspecified atom stereocenters. The average Bonchev–Trinajstić information content (AvgIpc) is 3.50. The third kappa shape index (κ3) is 6.94. The van der Waals surface area contributed by atoms with E-state index in [0.717, 1.165) is 39.2 Å². The van der Waals surface area contributed by atoms with Crippen LogP contribution in [0, 0.1) is 6.92 Å². The summed E-state index contributed by atoms with van der Waals surface area (Å²) in [5, 5.41) is 11.9. The van der Waals surface area contributed by atoms with Crippen LogP contribution in [-0.2, 0) is 21.8 Å². The lowest BCUT2D eigenvalue weighted by Gasteiger charge is -2.14. The number of aromatic nitrogens is 3. The fraction of sp³-hybridized carbons (Fsp3) is 0.184. The highest BCUT2D eigenvalue weighted by atomic mass is 32.2. The maximum Gasteiger partial charge on any atom is 0.273 e. The van der Waals surface area contributed by atoms with Gasteiger partial charge in [-0.2, -0.15) is 5.10 Å². The van der Waals surface area contributed by atoms with Gasteiger partial charge in [-0.1, -0.05) is 51.1 Å². The summed E-state index contributed by atoms with van der Waals surface area (Å²) in [4.78, 5) is 18.3. The molecule has 2 aromatic heterocycles. The van der Waals surface area contributed by atoms with Crippen molar-refractivity contribution in [3.63, 3.8) is 0 Å². The van der Waals surface area contributed by atoms with E-state index in [9.17, 15) is 13.2 Å². The van der Waals surface area contributed by atoms with Crippen molar-refractivity contribution >= 4 is 43.7 Å². The van der Waals surface area contributed by atoms with Crippen LogP contribution < -0.4 is 15.4 Å². The van der Waals surface area contributed by atoms with Crippen molar-refractivity contribution in [2.45, 2.75) is 49.4 Å². The summed E-state index contributed by atoms with van der Waals surface area (Å²) >= 11 is 0. The van der Waals surface area contributed by atoms with Crippen molar-refractivity contribution in [1.82, 2.24) is 14.8 Å². The van der Waals surface area contributed by atoms with Crippen LogP contribution in [0.1, 0.15) is 48.2 Å². The molecule has 10 heteroatoms. The van der Waals surface area contributed by atoms with Crippen molar-refractivity contribution in [3.8, 4) is 5.75 Å². The van der Waals surface area contributed by atoms with Gasteiger partial charge < -0.3 is 15.4 Å². The molecule has 244 valence electrons. The molecule has 0 aliphatic rings. The minimum Gasteiger partial charge on any atom is -0.497 e. The highest BCUT2D eigenvalue weighted by Crippen LogP contribution is 2.31. The number of fused-ring (bicyclic) bond motifs is 1. The Morgan fingerprint density at radius 2 is 1.48 bits per heavy atom. The zero-order chi connectivity index (χ0) is 34.1. The summed E-state index contributed by atoms with van der Waals surface area (Å²) < 4.78 is 34.1. The molecule has 0 radical (unpaired) electrons. The monoisotopic (exact) mass is 659 g/mol. The van der Waals surface area contributed by atoms with Gasteiger partial charge in [0.2, 0.25) is 9.84 Å². The smallest absolute Gasteiger partial charge is 0.273 e. The number of carbonyl (C=O) groups is 1. The molecule has 0 saturated heterocycles. The van der Waals surface area contributed by atoms with E-state index in [2.05, 4.69) is 15.6 Å². The van der Waals surface area contributed by atoms with Crippen LogP contribution in [0.5, 0.6) is 5.75 Å². The van der Waals surface area contributed by atoms with Crippen LogP contribution >= 0.6 is 0 Å². The zero-order valence-electron chi connectivity index (χ0n) is 27.5. The standard InChI is InChI=1S/C38H37N5O4S/c1-25-21-34(32-22-29(47-5)15-20-33(32)39-25)40-27-11-16-30(17-12-27)48(45,46)31-18-13-28(14-19-31)41-37(44)35-23-36(38(2,3)4)42-43(35)24-26-9-7-6-8-10-26/h6-23H,24H2,1-5H3,(H,39,40)(H,41,44). The highest BCUT2D eigenvalue weighted by Gasteiger charge is 2.24. The molecule has 0 aliphatic carbocycles. The molecule has 0 aliphatic heterocycles. The number of rotatable bonds is 9. The molecule has 9 nitrogen and oxygen atoms in total. The number of amides is 1. The molecule has 1 amide bonds. The number of ether oxygens (including phenoxy) is 1. The van der Waals surface area contributed by atoms with Gasteiger partial charge in [0, 0.05) is 33.6 Å². The number of aryl methyl sites for hydroxylation is 1. The largest absolute Gasteiger partial charge is 0.497 e. The van der Waals surface area contributed by atoms with E-state index < -0.39 is 9.84 Å². The molecule has 6 rings (SSSR count). The second-order valence-electron chi connectivity index (χ2n) is 12.6. The molecule has 4 aromatic carbocycles. The predicted octanol–water partition coefficient (Wildman–Crippen LogP) is 7.92. The van der Waals surface area contributed by atoms with E-state index >= 15 is 0 Å². The maximum atomic E-state index is 13.5. The first-order valence-corrected chi connectivity index (χ1v) is 17.0. The molecule has 0 atom stereocenters. The minimum absolute atomic E-state index is 0.119. The average molecular weight is 660 g/mol. The molecule has 6 aromatic rings. The SMILES string of the molecule is COc1ccc2nc(C)cc(Nc3ccc(S(=O)(=O)c4ccc(NC(=O)c5cc(C(C)(C)C)nn5Cc5ccccc5)cc4)cc3)c2c1. The van der Waals surface area contributed by atoms with Crippen LogP contribution in [0.4, 0.5) is 17.1 Å². The van der Waals surface area contributed by atoms with Crippen molar-refractivity contribution in [1.29, 1.82) is 0 Å². The molecule has 0 spiro atoms. The summed E-state index contributed by atoms with van der Waals surface area (Å²) in [6.07, 6.45) is 0. The number of carbonyl (C=O) groups excluding carboxylic acids is 1. The lowest BCUT2D eigenvalue weighted by Crippen LogP contribution is -2.18. The van der Waals surface area contributed by atoms with Crippen LogP contribution in [0.2, 0.25) is 0 Å². The lowest BCUT2D eigenvalue weighted by molar-refractivity contribution is 0.101. The van der Waals surface area contributed by atoms with Crippen LogP contribution in [-0.4, -0.2) is 36.2 Å². The number of pyridine rings is 1. The molecule has 0 fully saturated rings. The summed E-state index contributed by atoms with van der Waals surface area (Å²) in [5.74, 6) is 0.385. The van der Waals surface area contributed by atoms with Crippen LogP contribution in [0.3, 0.4) is 0 Å². The van der Waals surface area contributed by atoms with Gasteiger partial charge in [0.25, 0.3) is 5.91 Å². The Morgan fingerprint density at radius 3 is 2.10 bits per heavy atom. The van der Waals surface area contributed by atoms with Gasteiger partial charge in [-0.15, -0.1) is 0 Å². The number of benzene rings is 4. The Balaban J connectivity index is 1.18. The Bertz CT molecular complexity index is 2210. The molecule has 2 heterocycles. The van der Waals surface area contributed by atoms with E-state index in [1.54, 1.807) is 48.2 Å². The Morgan fingerprint density at radius 1 is 0.833 bits per heavy atom. The van der Waals surface area contributed by atoms with Crippen LogP contribution in [0.25, 0.3) is 10.9 Å². The van der Waals surface area contributed by atoms with E-state index in [-0.39, 0.29) is 21.1 Å². The second kappa shape index (κ2) is 13.0. The third-order valence-corrected chi connectivity index (χ3v) is 9.75. The molecule has 0 bridgehead atoms. The van der Waals surface area contributed by atoms with Gasteiger partial charge in [0.15, 0.2) is 0 Å². The fourth-order valence-electron chi connectivity index (χ4n) is 5.33. The van der Waals surface area contributed by atoms with Gasteiger partial charge >= 0.3 is 0 Å². The van der Waals surface area contributed by atoms with E-state index in [1.807, 2.05) is 88.4 Å². The number of sulfone groups is 1. The van der Waals surface area contributed by atoms with Crippen molar-refractivity contribution in [3.05, 3.63) is 132 Å². The number of hydrogen-bond acceptors (Lipinski definition) is 7. The quantitative estimate of drug-likeness (QED) is 0.162. The zero-order valence-corrected chi connectivity index (χ0v) is 28.3. The predicted molar refractivity (Wildman–Crippen MR) is 189 cm³/mol. The molecular formula is C38H37N5O4S. The van der Waals surface area contributed by atoms with Gasteiger partial charge in [-0.25, -0.2) is 8.42 Å². The van der Waals surface area contributed by atoms with Crippen molar-refractivity contribution in [2.24, 2.45) is 0 Å². The summed E-state index contributed by atoms with van der Waals surface area (Å²) in [6.45, 7) is 8.51. The van der Waals surface area contributed by atoms with Gasteiger partial charge in [0.1, 0.15) is 11.4 Å². The molecule has 2 N–H and O–H groups in total. The summed E-state index contributed by atoms with van der Waals surface area (Å²) in [6, 6.07) is 32.1. The number of methoxy groups -OCH3 is 1. The van der Waals surface area contributed by atoms with Crippen molar-refractivity contribution < 1.29 is 17.9 Å². The topological polar surface area (TPSA) is 115 Å². The van der Waals surface area contributed by atoms with E-state index in [0.29, 0.717) is 23.7 Å². The van der Waals surface area contributed by atoms with Gasteiger partial charge in [-0.3, -0.25) is 14.5 Å². The first-order valence-electron chi connectivity index (χ1n) is 15.5. The number of nitrogens with one attached hydrogen (secondary N) is 2. The van der Waals surface area contributed by atoms with E-state index in [4.69, 9.17) is 9.84 Å². The first-order chi connectivity index (χ1) is 22.9. The van der Waals surface area contributed by atoms with Crippen molar-refractivity contribution in [2.75, 3.05) is 17.7 Å². The molecule has 0 saturated carbocycles. The molecule has 48 heavy (non-hydrogen) atoms. The maximum absolute atomic E-state index is 13.5.